The molecule has 0 N–H and O–H groups in total. The monoisotopic (exact) mass is 182 g/mol. The van der Waals surface area contributed by atoms with Crippen LogP contribution >= 0.6 is 0 Å². The summed E-state index contributed by atoms with van der Waals surface area (Å²) in [5, 5.41) is 0. The minimum absolute atomic E-state index is 0.200. The van der Waals surface area contributed by atoms with Crippen LogP contribution < -0.4 is 0 Å². The highest BCUT2D eigenvalue weighted by atomic mass is 19.1. The highest BCUT2D eigenvalue weighted by molar-refractivity contribution is 5.13. The van der Waals surface area contributed by atoms with Crippen molar-refractivity contribution in [1.29, 1.82) is 0 Å². The first-order valence-electron chi connectivity index (χ1n) is 4.58. The van der Waals surface area contributed by atoms with Gasteiger partial charge in [-0.3, -0.25) is 0 Å². The standard InChI is InChI=1S/C11H15FO/c1-2-11(12)9-13-8-10-6-4-3-5-7-10/h3-7,11H,2,8-9H2,1H3/t11-/m1/s1. The van der Waals surface area contributed by atoms with Crippen LogP contribution in [0.15, 0.2) is 30.3 Å². The molecule has 2 heteroatoms. The van der Waals surface area contributed by atoms with Crippen LogP contribution in [-0.2, 0) is 11.3 Å². The number of ether oxygens (including phenoxy) is 1. The number of benzene rings is 1. The zero-order valence-electron chi connectivity index (χ0n) is 7.87. The second-order valence-corrected chi connectivity index (χ2v) is 3.01. The summed E-state index contributed by atoms with van der Waals surface area (Å²) in [5.74, 6) is 0. The molecule has 0 heterocycles. The number of hydrogen-bond donors (Lipinski definition) is 0. The van der Waals surface area contributed by atoms with Gasteiger partial charge in [0, 0.05) is 0 Å². The fraction of sp³-hybridized carbons (Fsp3) is 0.455. The lowest BCUT2D eigenvalue weighted by molar-refractivity contribution is 0.0683. The lowest BCUT2D eigenvalue weighted by Gasteiger charge is -2.06. The van der Waals surface area contributed by atoms with Crippen LogP contribution in [0.2, 0.25) is 0 Å². The third-order valence-electron chi connectivity index (χ3n) is 1.85. The van der Waals surface area contributed by atoms with Crippen LogP contribution in [-0.4, -0.2) is 12.8 Å². The van der Waals surface area contributed by atoms with Crippen LogP contribution in [0.25, 0.3) is 0 Å². The molecule has 0 aliphatic carbocycles. The Hall–Kier alpha value is -0.890. The molecule has 0 aliphatic rings. The lowest BCUT2D eigenvalue weighted by Crippen LogP contribution is -2.08. The van der Waals surface area contributed by atoms with Crippen molar-refractivity contribution in [3.63, 3.8) is 0 Å². The number of alkyl halides is 1. The molecule has 1 aromatic carbocycles. The zero-order valence-corrected chi connectivity index (χ0v) is 7.87. The van der Waals surface area contributed by atoms with Gasteiger partial charge in [-0.2, -0.15) is 0 Å². The van der Waals surface area contributed by atoms with E-state index < -0.39 is 6.17 Å². The van der Waals surface area contributed by atoms with Crippen molar-refractivity contribution in [2.45, 2.75) is 26.1 Å². The lowest BCUT2D eigenvalue weighted by atomic mass is 10.2. The summed E-state index contributed by atoms with van der Waals surface area (Å²) < 4.78 is 17.9. The molecule has 1 nitrogen and oxygen atoms in total. The third-order valence-corrected chi connectivity index (χ3v) is 1.85. The summed E-state index contributed by atoms with van der Waals surface area (Å²) in [6.07, 6.45) is -0.307. The maximum absolute atomic E-state index is 12.7. The van der Waals surface area contributed by atoms with E-state index in [1.807, 2.05) is 37.3 Å². The van der Waals surface area contributed by atoms with E-state index in [1.165, 1.54) is 0 Å². The first-order valence-corrected chi connectivity index (χ1v) is 4.58. The molecule has 72 valence electrons. The van der Waals surface area contributed by atoms with E-state index in [9.17, 15) is 4.39 Å². The Labute approximate surface area is 78.5 Å². The van der Waals surface area contributed by atoms with Crippen LogP contribution in [0.3, 0.4) is 0 Å². The molecular weight excluding hydrogens is 167 g/mol. The molecule has 1 atom stereocenters. The summed E-state index contributed by atoms with van der Waals surface area (Å²) >= 11 is 0. The SMILES string of the molecule is CC[C@@H](F)COCc1ccccc1. The molecule has 0 spiro atoms. The van der Waals surface area contributed by atoms with Crippen LogP contribution in [0.4, 0.5) is 4.39 Å². The van der Waals surface area contributed by atoms with Gasteiger partial charge in [-0.15, -0.1) is 0 Å². The van der Waals surface area contributed by atoms with Crippen molar-refractivity contribution in [2.75, 3.05) is 6.61 Å². The summed E-state index contributed by atoms with van der Waals surface area (Å²) in [7, 11) is 0. The van der Waals surface area contributed by atoms with Crippen LogP contribution in [0, 0.1) is 0 Å². The van der Waals surface area contributed by atoms with Gasteiger partial charge in [-0.1, -0.05) is 37.3 Å². The molecule has 13 heavy (non-hydrogen) atoms. The molecule has 0 saturated heterocycles. The Bertz CT molecular complexity index is 223. The minimum atomic E-state index is -0.830. The summed E-state index contributed by atoms with van der Waals surface area (Å²) in [4.78, 5) is 0. The molecule has 0 aliphatic heterocycles. The van der Waals surface area contributed by atoms with Crippen LogP contribution in [0.1, 0.15) is 18.9 Å². The van der Waals surface area contributed by atoms with Gasteiger partial charge < -0.3 is 4.74 Å². The van der Waals surface area contributed by atoms with E-state index >= 15 is 0 Å². The molecule has 1 rings (SSSR count). The van der Waals surface area contributed by atoms with Crippen molar-refractivity contribution < 1.29 is 9.13 Å². The molecule has 0 bridgehead atoms. The Morgan fingerprint density at radius 3 is 2.62 bits per heavy atom. The van der Waals surface area contributed by atoms with Gasteiger partial charge in [0.15, 0.2) is 0 Å². The number of hydrogen-bond acceptors (Lipinski definition) is 1. The van der Waals surface area contributed by atoms with E-state index in [2.05, 4.69) is 0 Å². The fourth-order valence-corrected chi connectivity index (χ4v) is 0.997. The average molecular weight is 182 g/mol. The Morgan fingerprint density at radius 1 is 1.31 bits per heavy atom. The molecule has 0 amide bonds. The minimum Gasteiger partial charge on any atom is -0.374 e. The van der Waals surface area contributed by atoms with E-state index in [4.69, 9.17) is 4.74 Å². The summed E-state index contributed by atoms with van der Waals surface area (Å²) in [6, 6.07) is 9.79. The molecule has 0 radical (unpaired) electrons. The van der Waals surface area contributed by atoms with Gasteiger partial charge in [0.2, 0.25) is 0 Å². The van der Waals surface area contributed by atoms with E-state index in [0.29, 0.717) is 13.0 Å². The molecule has 1 aromatic rings. The Kier molecular flexibility index (Phi) is 4.47. The Morgan fingerprint density at radius 2 is 2.00 bits per heavy atom. The first-order chi connectivity index (χ1) is 6.33. The van der Waals surface area contributed by atoms with Crippen molar-refractivity contribution in [2.24, 2.45) is 0 Å². The normalized spacial score (nSPS) is 12.8. The van der Waals surface area contributed by atoms with Crippen molar-refractivity contribution in [3.05, 3.63) is 35.9 Å². The quantitative estimate of drug-likeness (QED) is 0.680. The highest BCUT2D eigenvalue weighted by Gasteiger charge is 2.02. The summed E-state index contributed by atoms with van der Waals surface area (Å²) in [6.45, 7) is 2.52. The second-order valence-electron chi connectivity index (χ2n) is 3.01. The van der Waals surface area contributed by atoms with Crippen LogP contribution in [0.5, 0.6) is 0 Å². The van der Waals surface area contributed by atoms with Crippen molar-refractivity contribution >= 4 is 0 Å². The number of halogens is 1. The molecular formula is C11H15FO. The first kappa shape index (κ1) is 10.2. The maximum atomic E-state index is 12.7. The second kappa shape index (κ2) is 5.70. The van der Waals surface area contributed by atoms with Gasteiger partial charge in [0.25, 0.3) is 0 Å². The topological polar surface area (TPSA) is 9.23 Å². The molecule has 0 saturated carbocycles. The van der Waals surface area contributed by atoms with Crippen molar-refractivity contribution in [3.8, 4) is 0 Å². The van der Waals surface area contributed by atoms with E-state index in [0.717, 1.165) is 5.56 Å². The fourth-order valence-electron chi connectivity index (χ4n) is 0.997. The molecule has 0 aromatic heterocycles. The van der Waals surface area contributed by atoms with Gasteiger partial charge in [0.05, 0.1) is 13.2 Å². The average Bonchev–Trinajstić information content (AvgIpc) is 2.19. The predicted octanol–water partition coefficient (Wildman–Crippen LogP) is 2.95. The highest BCUT2D eigenvalue weighted by Crippen LogP contribution is 2.03. The van der Waals surface area contributed by atoms with Gasteiger partial charge in [0.1, 0.15) is 6.17 Å². The third kappa shape index (κ3) is 4.04. The van der Waals surface area contributed by atoms with Gasteiger partial charge in [-0.25, -0.2) is 4.39 Å². The molecule has 0 fully saturated rings. The zero-order chi connectivity index (χ0) is 9.52. The number of rotatable bonds is 5. The smallest absolute Gasteiger partial charge is 0.123 e. The largest absolute Gasteiger partial charge is 0.374 e. The summed E-state index contributed by atoms with van der Waals surface area (Å²) in [5.41, 5.74) is 1.09. The van der Waals surface area contributed by atoms with E-state index in [-0.39, 0.29) is 6.61 Å². The molecule has 0 unspecified atom stereocenters. The Balaban J connectivity index is 2.20. The maximum Gasteiger partial charge on any atom is 0.123 e. The van der Waals surface area contributed by atoms with Gasteiger partial charge >= 0.3 is 0 Å². The van der Waals surface area contributed by atoms with E-state index in [1.54, 1.807) is 0 Å². The predicted molar refractivity (Wildman–Crippen MR) is 51.3 cm³/mol. The van der Waals surface area contributed by atoms with Crippen molar-refractivity contribution in [1.82, 2.24) is 0 Å². The van der Waals surface area contributed by atoms with Gasteiger partial charge in [-0.05, 0) is 12.0 Å².